The maximum atomic E-state index is 13.2. The van der Waals surface area contributed by atoms with Gasteiger partial charge in [0.2, 0.25) is 17.5 Å². The van der Waals surface area contributed by atoms with E-state index in [9.17, 15) is 9.59 Å². The van der Waals surface area contributed by atoms with Crippen molar-refractivity contribution < 1.29 is 14.3 Å². The first kappa shape index (κ1) is 19.1. The summed E-state index contributed by atoms with van der Waals surface area (Å²) in [6.07, 6.45) is 6.17. The summed E-state index contributed by atoms with van der Waals surface area (Å²) in [4.78, 5) is 36.8. The van der Waals surface area contributed by atoms with Crippen LogP contribution >= 0.6 is 0 Å². The first-order valence-corrected chi connectivity index (χ1v) is 10.5. The van der Waals surface area contributed by atoms with Gasteiger partial charge in [-0.2, -0.15) is 5.10 Å². The number of nitrogens with zero attached hydrogens (tertiary/aromatic N) is 5. The minimum absolute atomic E-state index is 0.101. The fraction of sp³-hybridized carbons (Fsp3) is 0.500. The summed E-state index contributed by atoms with van der Waals surface area (Å²) in [5.74, 6) is -0.333. The van der Waals surface area contributed by atoms with E-state index in [1.807, 2.05) is 13.0 Å². The Hall–Kier alpha value is -2.87. The van der Waals surface area contributed by atoms with E-state index in [0.717, 1.165) is 48.5 Å². The summed E-state index contributed by atoms with van der Waals surface area (Å²) >= 11 is 0. The van der Waals surface area contributed by atoms with Crippen LogP contribution in [0.15, 0.2) is 24.4 Å². The van der Waals surface area contributed by atoms with Crippen LogP contribution in [-0.2, 0) is 28.3 Å². The summed E-state index contributed by atoms with van der Waals surface area (Å²) < 4.78 is 7.86. The minimum Gasteiger partial charge on any atom is -0.364 e. The van der Waals surface area contributed by atoms with Crippen LogP contribution in [0.4, 0.5) is 5.82 Å². The summed E-state index contributed by atoms with van der Waals surface area (Å²) in [7, 11) is 1.71. The van der Waals surface area contributed by atoms with E-state index in [-0.39, 0.29) is 28.7 Å². The smallest absolute Gasteiger partial charge is 0.235 e. The van der Waals surface area contributed by atoms with E-state index in [2.05, 4.69) is 21.6 Å². The molecule has 0 saturated heterocycles. The minimum atomic E-state index is -0.627. The Morgan fingerprint density at radius 1 is 1.33 bits per heavy atom. The van der Waals surface area contributed by atoms with Gasteiger partial charge >= 0.3 is 0 Å². The highest BCUT2D eigenvalue weighted by molar-refractivity contribution is 6.11. The van der Waals surface area contributed by atoms with E-state index < -0.39 is 5.92 Å². The van der Waals surface area contributed by atoms with Crippen molar-refractivity contribution in [3.05, 3.63) is 47.2 Å². The van der Waals surface area contributed by atoms with Gasteiger partial charge in [0.25, 0.3) is 0 Å². The molecule has 0 unspecified atom stereocenters. The Morgan fingerprint density at radius 2 is 2.10 bits per heavy atom. The van der Waals surface area contributed by atoms with Gasteiger partial charge in [0.1, 0.15) is 11.4 Å². The molecule has 2 aromatic rings. The van der Waals surface area contributed by atoms with Crippen LogP contribution in [0.1, 0.15) is 59.7 Å². The van der Waals surface area contributed by atoms with E-state index >= 15 is 0 Å². The molecule has 1 spiro atoms. The molecule has 2 aromatic heterocycles. The number of Topliss-reactive ketones (excluding diaryl/α,β-unsaturated/α-hetero) is 1. The molecular formula is C22H25N5O3. The number of aryl methyl sites for hydroxylation is 2. The van der Waals surface area contributed by atoms with Crippen LogP contribution in [0, 0.1) is 12.8 Å². The molecule has 4 heterocycles. The number of hydrogen-bond acceptors (Lipinski definition) is 6. The standard InChI is InChI=1S/C22H25N5O3/c1-13-10-17-26(3)21(29)16(6-9-27(17)25-13)14(2)18(28)20-23-11-15-12-30-22(19(15)24-20)7-4-5-8-22/h10-11,16H,2,4-9,12H2,1,3H3/t16-/m1/s1. The molecule has 3 aliphatic rings. The molecule has 1 atom stereocenters. The van der Waals surface area contributed by atoms with Gasteiger partial charge in [-0.15, -0.1) is 0 Å². The fourth-order valence-electron chi connectivity index (χ4n) is 4.94. The summed E-state index contributed by atoms with van der Waals surface area (Å²) in [6, 6.07) is 1.87. The first-order chi connectivity index (χ1) is 14.4. The lowest BCUT2D eigenvalue weighted by atomic mass is 9.91. The summed E-state index contributed by atoms with van der Waals surface area (Å²) in [6.45, 7) is 6.91. The Labute approximate surface area is 174 Å². The third-order valence-corrected chi connectivity index (χ3v) is 6.61. The number of anilines is 1. The Bertz CT molecular complexity index is 1070. The van der Waals surface area contributed by atoms with Gasteiger partial charge in [0.15, 0.2) is 0 Å². The lowest BCUT2D eigenvalue weighted by Crippen LogP contribution is -2.34. The number of aromatic nitrogens is 4. The predicted octanol–water partition coefficient (Wildman–Crippen LogP) is 2.70. The molecule has 0 radical (unpaired) electrons. The highest BCUT2D eigenvalue weighted by Crippen LogP contribution is 2.47. The molecule has 1 fully saturated rings. The van der Waals surface area contributed by atoms with Crippen molar-refractivity contribution in [2.75, 3.05) is 11.9 Å². The molecule has 2 aliphatic heterocycles. The van der Waals surface area contributed by atoms with Crippen molar-refractivity contribution in [1.82, 2.24) is 19.7 Å². The van der Waals surface area contributed by atoms with Gasteiger partial charge in [-0.25, -0.2) is 14.6 Å². The second-order valence-corrected chi connectivity index (χ2v) is 8.52. The number of carbonyl (C=O) groups is 2. The number of hydrogen-bond donors (Lipinski definition) is 0. The number of ether oxygens (including phenoxy) is 1. The van der Waals surface area contributed by atoms with Crippen LogP contribution in [-0.4, -0.2) is 38.5 Å². The molecule has 156 valence electrons. The molecule has 0 aromatic carbocycles. The third kappa shape index (κ3) is 2.81. The number of amides is 1. The number of rotatable bonds is 3. The van der Waals surface area contributed by atoms with Crippen molar-refractivity contribution in [2.45, 2.75) is 57.8 Å². The van der Waals surface area contributed by atoms with Crippen molar-refractivity contribution in [3.8, 4) is 0 Å². The van der Waals surface area contributed by atoms with E-state index in [0.29, 0.717) is 19.6 Å². The topological polar surface area (TPSA) is 90.2 Å². The van der Waals surface area contributed by atoms with Crippen LogP contribution < -0.4 is 4.90 Å². The number of fused-ring (bicyclic) bond motifs is 3. The van der Waals surface area contributed by atoms with Crippen molar-refractivity contribution in [1.29, 1.82) is 0 Å². The molecule has 1 amide bonds. The van der Waals surface area contributed by atoms with E-state index in [1.165, 1.54) is 0 Å². The zero-order valence-corrected chi connectivity index (χ0v) is 17.3. The Morgan fingerprint density at radius 3 is 2.87 bits per heavy atom. The normalized spacial score (nSPS) is 22.1. The monoisotopic (exact) mass is 407 g/mol. The van der Waals surface area contributed by atoms with Crippen molar-refractivity contribution >= 4 is 17.5 Å². The Balaban J connectivity index is 1.41. The number of ketones is 1. The largest absolute Gasteiger partial charge is 0.364 e. The lowest BCUT2D eigenvalue weighted by molar-refractivity contribution is -0.121. The van der Waals surface area contributed by atoms with Crippen LogP contribution in [0.5, 0.6) is 0 Å². The van der Waals surface area contributed by atoms with Crippen LogP contribution in [0.3, 0.4) is 0 Å². The van der Waals surface area contributed by atoms with Gasteiger partial charge in [0, 0.05) is 37.0 Å². The zero-order chi connectivity index (χ0) is 21.0. The lowest BCUT2D eigenvalue weighted by Gasteiger charge is -2.23. The molecule has 5 rings (SSSR count). The third-order valence-electron chi connectivity index (χ3n) is 6.61. The van der Waals surface area contributed by atoms with Gasteiger partial charge in [0.05, 0.1) is 23.9 Å². The quantitative estimate of drug-likeness (QED) is 0.574. The van der Waals surface area contributed by atoms with Gasteiger partial charge < -0.3 is 4.74 Å². The van der Waals surface area contributed by atoms with Crippen molar-refractivity contribution in [2.24, 2.45) is 5.92 Å². The predicted molar refractivity (Wildman–Crippen MR) is 109 cm³/mol. The maximum Gasteiger partial charge on any atom is 0.235 e. The summed E-state index contributed by atoms with van der Waals surface area (Å²) in [5.41, 5.74) is 2.50. The zero-order valence-electron chi connectivity index (χ0n) is 17.3. The molecule has 0 bridgehead atoms. The average molecular weight is 407 g/mol. The van der Waals surface area contributed by atoms with Crippen LogP contribution in [0.25, 0.3) is 0 Å². The van der Waals surface area contributed by atoms with Crippen LogP contribution in [0.2, 0.25) is 0 Å². The average Bonchev–Trinajstić information content (AvgIpc) is 3.45. The van der Waals surface area contributed by atoms with E-state index in [1.54, 1.807) is 22.8 Å². The Kier molecular flexibility index (Phi) is 4.36. The van der Waals surface area contributed by atoms with Crippen molar-refractivity contribution in [3.63, 3.8) is 0 Å². The second kappa shape index (κ2) is 6.84. The SMILES string of the molecule is C=C(C(=O)c1ncc2c(n1)C1(CCCC1)OC2)[C@H]1CCn2nc(C)cc2N(C)C1=O. The molecule has 1 aliphatic carbocycles. The summed E-state index contributed by atoms with van der Waals surface area (Å²) in [5, 5.41) is 4.44. The number of carbonyl (C=O) groups excluding carboxylic acids is 2. The molecule has 1 saturated carbocycles. The molecule has 30 heavy (non-hydrogen) atoms. The second-order valence-electron chi connectivity index (χ2n) is 8.52. The molecule has 8 nitrogen and oxygen atoms in total. The maximum absolute atomic E-state index is 13.2. The highest BCUT2D eigenvalue weighted by Gasteiger charge is 2.45. The van der Waals surface area contributed by atoms with Gasteiger partial charge in [-0.1, -0.05) is 19.4 Å². The first-order valence-electron chi connectivity index (χ1n) is 10.5. The fourth-order valence-corrected chi connectivity index (χ4v) is 4.94. The van der Waals surface area contributed by atoms with Gasteiger partial charge in [-0.3, -0.25) is 14.5 Å². The van der Waals surface area contributed by atoms with E-state index in [4.69, 9.17) is 4.74 Å². The van der Waals surface area contributed by atoms with Gasteiger partial charge in [-0.05, 0) is 26.2 Å². The molecule has 0 N–H and O–H groups in total. The highest BCUT2D eigenvalue weighted by atomic mass is 16.5. The molecule has 8 heteroatoms. The molecular weight excluding hydrogens is 382 g/mol.